The van der Waals surface area contributed by atoms with Crippen molar-refractivity contribution in [3.8, 4) is 0 Å². The molecule has 0 bridgehead atoms. The summed E-state index contributed by atoms with van der Waals surface area (Å²) in [7, 11) is 1.51. The zero-order chi connectivity index (χ0) is 12.3. The van der Waals surface area contributed by atoms with Crippen LogP contribution >= 0.6 is 0 Å². The average Bonchev–Trinajstić information content (AvgIpc) is 2.43. The first-order valence-corrected chi connectivity index (χ1v) is 5.42. The molecule has 0 unspecified atom stereocenters. The van der Waals surface area contributed by atoms with E-state index in [4.69, 9.17) is 4.74 Å². The Kier molecular flexibility index (Phi) is 6.37. The van der Waals surface area contributed by atoms with Gasteiger partial charge in [-0.15, -0.1) is 0 Å². The SMILES string of the molecule is COCC(=O)c1ccccc1.c1ccccc1. The molecule has 0 spiro atoms. The first-order valence-electron chi connectivity index (χ1n) is 5.42. The monoisotopic (exact) mass is 228 g/mol. The minimum Gasteiger partial charge on any atom is -0.377 e. The van der Waals surface area contributed by atoms with E-state index in [1.165, 1.54) is 7.11 Å². The highest BCUT2D eigenvalue weighted by Crippen LogP contribution is 1.99. The van der Waals surface area contributed by atoms with Gasteiger partial charge in [-0.2, -0.15) is 0 Å². The fourth-order valence-corrected chi connectivity index (χ4v) is 1.22. The molecule has 0 amide bonds. The molecule has 2 rings (SSSR count). The molecule has 88 valence electrons. The van der Waals surface area contributed by atoms with Crippen LogP contribution in [0.4, 0.5) is 0 Å². The molecule has 2 nitrogen and oxygen atoms in total. The largest absolute Gasteiger partial charge is 0.377 e. The Morgan fingerprint density at radius 1 is 0.882 bits per heavy atom. The van der Waals surface area contributed by atoms with Crippen LogP contribution in [0.2, 0.25) is 0 Å². The van der Waals surface area contributed by atoms with E-state index in [0.717, 1.165) is 0 Å². The second-order valence-electron chi connectivity index (χ2n) is 3.38. The molecule has 0 aliphatic rings. The molecule has 0 N–H and O–H groups in total. The van der Waals surface area contributed by atoms with Gasteiger partial charge in [0.25, 0.3) is 0 Å². The quantitative estimate of drug-likeness (QED) is 0.754. The summed E-state index contributed by atoms with van der Waals surface area (Å²) in [6.45, 7) is 0.157. The first-order chi connectivity index (χ1) is 8.34. The predicted octanol–water partition coefficient (Wildman–Crippen LogP) is 3.20. The lowest BCUT2D eigenvalue weighted by Gasteiger charge is -1.97. The van der Waals surface area contributed by atoms with Crippen molar-refractivity contribution < 1.29 is 9.53 Å². The highest BCUT2D eigenvalue weighted by atomic mass is 16.5. The summed E-state index contributed by atoms with van der Waals surface area (Å²) in [5, 5.41) is 0. The average molecular weight is 228 g/mol. The van der Waals surface area contributed by atoms with Crippen molar-refractivity contribution in [2.45, 2.75) is 0 Å². The smallest absolute Gasteiger partial charge is 0.188 e. The van der Waals surface area contributed by atoms with Crippen LogP contribution in [0, 0.1) is 0 Å². The topological polar surface area (TPSA) is 26.3 Å². The predicted molar refractivity (Wildman–Crippen MR) is 69.1 cm³/mol. The van der Waals surface area contributed by atoms with Gasteiger partial charge in [0, 0.05) is 12.7 Å². The van der Waals surface area contributed by atoms with Crippen LogP contribution < -0.4 is 0 Å². The van der Waals surface area contributed by atoms with Crippen LogP contribution in [-0.2, 0) is 4.74 Å². The van der Waals surface area contributed by atoms with Crippen LogP contribution in [-0.4, -0.2) is 19.5 Å². The lowest BCUT2D eigenvalue weighted by atomic mass is 10.1. The number of ether oxygens (including phenoxy) is 1. The summed E-state index contributed by atoms with van der Waals surface area (Å²) in [6, 6.07) is 21.1. The molecule has 0 aliphatic carbocycles. The van der Waals surface area contributed by atoms with Crippen molar-refractivity contribution in [3.63, 3.8) is 0 Å². The third kappa shape index (κ3) is 5.64. The number of carbonyl (C=O) groups is 1. The fourth-order valence-electron chi connectivity index (χ4n) is 1.22. The Balaban J connectivity index is 0.000000202. The van der Waals surface area contributed by atoms with Crippen LogP contribution in [0.25, 0.3) is 0 Å². The molecule has 0 aromatic heterocycles. The Hall–Kier alpha value is -1.93. The van der Waals surface area contributed by atoms with Gasteiger partial charge in [0.15, 0.2) is 5.78 Å². The van der Waals surface area contributed by atoms with E-state index in [-0.39, 0.29) is 12.4 Å². The lowest BCUT2D eigenvalue weighted by Crippen LogP contribution is -2.06. The van der Waals surface area contributed by atoms with E-state index in [9.17, 15) is 4.79 Å². The summed E-state index contributed by atoms with van der Waals surface area (Å²) in [5.41, 5.74) is 0.703. The molecule has 0 aliphatic heterocycles. The lowest BCUT2D eigenvalue weighted by molar-refractivity contribution is 0.0848. The Labute approximate surface area is 102 Å². The second-order valence-corrected chi connectivity index (χ2v) is 3.38. The number of benzene rings is 2. The zero-order valence-corrected chi connectivity index (χ0v) is 9.87. The van der Waals surface area contributed by atoms with Crippen molar-refractivity contribution in [1.82, 2.24) is 0 Å². The first kappa shape index (κ1) is 13.1. The molecule has 0 atom stereocenters. The van der Waals surface area contributed by atoms with Crippen molar-refractivity contribution in [3.05, 3.63) is 72.3 Å². The Morgan fingerprint density at radius 2 is 1.29 bits per heavy atom. The highest BCUT2D eigenvalue weighted by molar-refractivity contribution is 5.96. The van der Waals surface area contributed by atoms with E-state index in [2.05, 4.69) is 0 Å². The normalized spacial score (nSPS) is 9.00. The number of methoxy groups -OCH3 is 1. The molecule has 0 saturated carbocycles. The fraction of sp³-hybridized carbons (Fsp3) is 0.133. The third-order valence-corrected chi connectivity index (χ3v) is 2.04. The molecule has 0 saturated heterocycles. The zero-order valence-electron chi connectivity index (χ0n) is 9.87. The van der Waals surface area contributed by atoms with Gasteiger partial charge in [-0.25, -0.2) is 0 Å². The van der Waals surface area contributed by atoms with Crippen LogP contribution in [0.3, 0.4) is 0 Å². The molecule has 0 fully saturated rings. The number of ketones is 1. The minimum absolute atomic E-state index is 0.0214. The van der Waals surface area contributed by atoms with Gasteiger partial charge in [0.2, 0.25) is 0 Å². The number of rotatable bonds is 3. The van der Waals surface area contributed by atoms with E-state index in [1.54, 1.807) is 12.1 Å². The van der Waals surface area contributed by atoms with Gasteiger partial charge in [0.05, 0.1) is 0 Å². The maximum atomic E-state index is 11.1. The van der Waals surface area contributed by atoms with Gasteiger partial charge in [-0.1, -0.05) is 66.7 Å². The van der Waals surface area contributed by atoms with E-state index in [0.29, 0.717) is 5.56 Å². The second kappa shape index (κ2) is 8.25. The summed E-state index contributed by atoms with van der Waals surface area (Å²) in [4.78, 5) is 11.1. The van der Waals surface area contributed by atoms with E-state index in [1.807, 2.05) is 54.6 Å². The van der Waals surface area contributed by atoms with Gasteiger partial charge < -0.3 is 4.74 Å². The summed E-state index contributed by atoms with van der Waals surface area (Å²) >= 11 is 0. The Morgan fingerprint density at radius 3 is 1.71 bits per heavy atom. The van der Waals surface area contributed by atoms with Gasteiger partial charge in [-0.05, 0) is 0 Å². The van der Waals surface area contributed by atoms with Crippen molar-refractivity contribution in [2.75, 3.05) is 13.7 Å². The molecular formula is C15H16O2. The molecular weight excluding hydrogens is 212 g/mol. The van der Waals surface area contributed by atoms with Gasteiger partial charge >= 0.3 is 0 Å². The third-order valence-electron chi connectivity index (χ3n) is 2.04. The van der Waals surface area contributed by atoms with Crippen molar-refractivity contribution in [1.29, 1.82) is 0 Å². The highest BCUT2D eigenvalue weighted by Gasteiger charge is 2.01. The number of hydrogen-bond acceptors (Lipinski definition) is 2. The summed E-state index contributed by atoms with van der Waals surface area (Å²) < 4.78 is 4.71. The van der Waals surface area contributed by atoms with Crippen LogP contribution in [0.5, 0.6) is 0 Å². The molecule has 2 aromatic carbocycles. The molecule has 0 heterocycles. The van der Waals surface area contributed by atoms with Gasteiger partial charge in [0.1, 0.15) is 6.61 Å². The minimum atomic E-state index is 0.0214. The molecule has 2 aromatic rings. The maximum absolute atomic E-state index is 11.1. The van der Waals surface area contributed by atoms with Gasteiger partial charge in [-0.3, -0.25) is 4.79 Å². The van der Waals surface area contributed by atoms with E-state index < -0.39 is 0 Å². The summed E-state index contributed by atoms with van der Waals surface area (Å²) in [6.07, 6.45) is 0. The number of Topliss-reactive ketones (excluding diaryl/α,β-unsaturated/α-hetero) is 1. The summed E-state index contributed by atoms with van der Waals surface area (Å²) in [5.74, 6) is 0.0214. The molecule has 2 heteroatoms. The standard InChI is InChI=1S/C9H10O2.C6H6/c1-11-7-9(10)8-5-3-2-4-6-8;1-2-4-6-5-3-1/h2-6H,7H2,1H3;1-6H. The molecule has 17 heavy (non-hydrogen) atoms. The van der Waals surface area contributed by atoms with Crippen molar-refractivity contribution >= 4 is 5.78 Å². The number of hydrogen-bond donors (Lipinski definition) is 0. The van der Waals surface area contributed by atoms with Crippen molar-refractivity contribution in [2.24, 2.45) is 0 Å². The van der Waals surface area contributed by atoms with Crippen LogP contribution in [0.15, 0.2) is 66.7 Å². The maximum Gasteiger partial charge on any atom is 0.188 e. The molecule has 0 radical (unpaired) electrons. The Bertz CT molecular complexity index is 383. The van der Waals surface area contributed by atoms with Crippen LogP contribution in [0.1, 0.15) is 10.4 Å². The van der Waals surface area contributed by atoms with E-state index >= 15 is 0 Å². The number of carbonyl (C=O) groups excluding carboxylic acids is 1.